The minimum atomic E-state index is -0.682. The van der Waals surface area contributed by atoms with Crippen LogP contribution in [0.5, 0.6) is 0 Å². The van der Waals surface area contributed by atoms with Gasteiger partial charge in [-0.2, -0.15) is 0 Å². The van der Waals surface area contributed by atoms with Crippen LogP contribution in [0.3, 0.4) is 0 Å². The highest BCUT2D eigenvalue weighted by molar-refractivity contribution is 5.24. The molecule has 0 unspecified atom stereocenters. The van der Waals surface area contributed by atoms with E-state index in [9.17, 15) is 9.50 Å². The van der Waals surface area contributed by atoms with Gasteiger partial charge in [-0.1, -0.05) is 12.1 Å². The van der Waals surface area contributed by atoms with E-state index in [-0.39, 0.29) is 5.82 Å². The molecule has 16 heavy (non-hydrogen) atoms. The van der Waals surface area contributed by atoms with Gasteiger partial charge in [0.2, 0.25) is 0 Å². The Kier molecular flexibility index (Phi) is 4.44. The number of nitrogens with one attached hydrogen (secondary N) is 1. The van der Waals surface area contributed by atoms with Crippen molar-refractivity contribution in [2.24, 2.45) is 0 Å². The molecule has 90 valence electrons. The third-order valence-corrected chi connectivity index (χ3v) is 2.37. The molecule has 1 aromatic carbocycles. The minimum Gasteiger partial charge on any atom is -0.389 e. The van der Waals surface area contributed by atoms with Crippen LogP contribution < -0.4 is 5.32 Å². The van der Waals surface area contributed by atoms with Gasteiger partial charge in [0.05, 0.1) is 5.60 Å². The van der Waals surface area contributed by atoms with E-state index in [2.05, 4.69) is 5.32 Å². The van der Waals surface area contributed by atoms with Crippen molar-refractivity contribution in [2.45, 2.75) is 32.8 Å². The fourth-order valence-electron chi connectivity index (χ4n) is 1.49. The summed E-state index contributed by atoms with van der Waals surface area (Å²) in [6.07, 6.45) is 0.844. The first-order chi connectivity index (χ1) is 7.38. The third kappa shape index (κ3) is 4.73. The first-order valence-electron chi connectivity index (χ1n) is 5.56. The second kappa shape index (κ2) is 5.41. The zero-order valence-electron chi connectivity index (χ0n) is 10.2. The van der Waals surface area contributed by atoms with Crippen molar-refractivity contribution in [1.29, 1.82) is 0 Å². The van der Waals surface area contributed by atoms with Crippen LogP contribution in [0.25, 0.3) is 0 Å². The van der Waals surface area contributed by atoms with Crippen LogP contribution in [-0.2, 0) is 6.42 Å². The fourth-order valence-corrected chi connectivity index (χ4v) is 1.49. The number of halogens is 1. The maximum Gasteiger partial charge on any atom is 0.126 e. The van der Waals surface area contributed by atoms with Gasteiger partial charge in [-0.25, -0.2) is 4.39 Å². The highest BCUT2D eigenvalue weighted by Crippen LogP contribution is 2.09. The average molecular weight is 225 g/mol. The number of rotatable bonds is 5. The van der Waals surface area contributed by atoms with Gasteiger partial charge < -0.3 is 10.4 Å². The molecular formula is C13H20FNO. The molecule has 0 radical (unpaired) electrons. The van der Waals surface area contributed by atoms with E-state index in [1.807, 2.05) is 6.07 Å². The Morgan fingerprint density at radius 3 is 2.62 bits per heavy atom. The van der Waals surface area contributed by atoms with Crippen molar-refractivity contribution >= 4 is 0 Å². The van der Waals surface area contributed by atoms with E-state index >= 15 is 0 Å². The molecule has 2 nitrogen and oxygen atoms in total. The summed E-state index contributed by atoms with van der Waals surface area (Å²) in [5, 5.41) is 12.6. The molecule has 1 rings (SSSR count). The molecule has 0 saturated heterocycles. The second-order valence-corrected chi connectivity index (χ2v) is 4.82. The van der Waals surface area contributed by atoms with Gasteiger partial charge >= 0.3 is 0 Å². The Labute approximate surface area is 96.5 Å². The van der Waals surface area contributed by atoms with Crippen molar-refractivity contribution in [3.8, 4) is 0 Å². The molecule has 1 aromatic rings. The molecule has 0 bridgehead atoms. The fraction of sp³-hybridized carbons (Fsp3) is 0.538. The van der Waals surface area contributed by atoms with E-state index in [4.69, 9.17) is 0 Å². The standard InChI is InChI=1S/C13H20FNO/c1-10-8-11(4-5-12(10)14)6-7-15-9-13(2,3)16/h4-5,8,15-16H,6-7,9H2,1-3H3. The molecule has 3 heteroatoms. The minimum absolute atomic E-state index is 0.159. The Bertz CT molecular complexity index is 344. The van der Waals surface area contributed by atoms with Crippen LogP contribution in [0.1, 0.15) is 25.0 Å². The van der Waals surface area contributed by atoms with Crippen LogP contribution in [0.4, 0.5) is 4.39 Å². The van der Waals surface area contributed by atoms with Crippen molar-refractivity contribution in [3.63, 3.8) is 0 Å². The van der Waals surface area contributed by atoms with Crippen molar-refractivity contribution < 1.29 is 9.50 Å². The summed E-state index contributed by atoms with van der Waals surface area (Å²) in [6.45, 7) is 6.65. The highest BCUT2D eigenvalue weighted by Gasteiger charge is 2.10. The maximum atomic E-state index is 13.0. The van der Waals surface area contributed by atoms with Crippen molar-refractivity contribution in [1.82, 2.24) is 5.32 Å². The number of aliphatic hydroxyl groups is 1. The lowest BCUT2D eigenvalue weighted by Gasteiger charge is -2.17. The molecule has 0 spiro atoms. The number of benzene rings is 1. The van der Waals surface area contributed by atoms with Gasteiger partial charge in [0, 0.05) is 6.54 Å². The number of aryl methyl sites for hydroxylation is 1. The van der Waals surface area contributed by atoms with E-state index < -0.39 is 5.60 Å². The van der Waals surface area contributed by atoms with Gasteiger partial charge in [-0.3, -0.25) is 0 Å². The van der Waals surface area contributed by atoms with E-state index in [1.165, 1.54) is 6.07 Å². The first kappa shape index (κ1) is 13.1. The summed E-state index contributed by atoms with van der Waals surface area (Å²) in [7, 11) is 0. The van der Waals surface area contributed by atoms with Crippen LogP contribution in [0.2, 0.25) is 0 Å². The molecule has 2 N–H and O–H groups in total. The zero-order valence-corrected chi connectivity index (χ0v) is 10.2. The molecule has 0 aromatic heterocycles. The topological polar surface area (TPSA) is 32.3 Å². The molecular weight excluding hydrogens is 205 g/mol. The summed E-state index contributed by atoms with van der Waals surface area (Å²) in [6, 6.07) is 5.16. The Hall–Kier alpha value is -0.930. The Morgan fingerprint density at radius 1 is 1.38 bits per heavy atom. The predicted octanol–water partition coefficient (Wildman–Crippen LogP) is 2.04. The van der Waals surface area contributed by atoms with E-state index in [0.29, 0.717) is 12.1 Å². The molecule has 0 heterocycles. The van der Waals surface area contributed by atoms with Crippen LogP contribution in [0.15, 0.2) is 18.2 Å². The van der Waals surface area contributed by atoms with Crippen molar-refractivity contribution in [2.75, 3.05) is 13.1 Å². The van der Waals surface area contributed by atoms with Crippen LogP contribution in [0, 0.1) is 12.7 Å². The van der Waals surface area contributed by atoms with Crippen LogP contribution in [-0.4, -0.2) is 23.8 Å². The summed E-state index contributed by atoms with van der Waals surface area (Å²) in [5.41, 5.74) is 1.11. The summed E-state index contributed by atoms with van der Waals surface area (Å²) >= 11 is 0. The third-order valence-electron chi connectivity index (χ3n) is 2.37. The lowest BCUT2D eigenvalue weighted by atomic mass is 10.1. The summed E-state index contributed by atoms with van der Waals surface area (Å²) in [4.78, 5) is 0. The summed E-state index contributed by atoms with van der Waals surface area (Å²) < 4.78 is 13.0. The van der Waals surface area contributed by atoms with E-state index in [1.54, 1.807) is 26.8 Å². The Morgan fingerprint density at radius 2 is 2.06 bits per heavy atom. The molecule has 0 atom stereocenters. The normalized spacial score (nSPS) is 11.8. The molecule has 0 fully saturated rings. The van der Waals surface area contributed by atoms with Gasteiger partial charge in [0.1, 0.15) is 5.82 Å². The second-order valence-electron chi connectivity index (χ2n) is 4.82. The van der Waals surface area contributed by atoms with Gasteiger partial charge in [-0.15, -0.1) is 0 Å². The first-order valence-corrected chi connectivity index (χ1v) is 5.56. The maximum absolute atomic E-state index is 13.0. The lowest BCUT2D eigenvalue weighted by Crippen LogP contribution is -2.35. The highest BCUT2D eigenvalue weighted by atomic mass is 19.1. The zero-order chi connectivity index (χ0) is 12.2. The predicted molar refractivity (Wildman–Crippen MR) is 64.0 cm³/mol. The molecule has 0 saturated carbocycles. The lowest BCUT2D eigenvalue weighted by molar-refractivity contribution is 0.0801. The van der Waals surface area contributed by atoms with Crippen molar-refractivity contribution in [3.05, 3.63) is 35.1 Å². The van der Waals surface area contributed by atoms with Gasteiger partial charge in [-0.05, 0) is 50.9 Å². The SMILES string of the molecule is Cc1cc(CCNCC(C)(C)O)ccc1F. The average Bonchev–Trinajstić information content (AvgIpc) is 2.17. The van der Waals surface area contributed by atoms with Gasteiger partial charge in [0.25, 0.3) is 0 Å². The molecule has 0 amide bonds. The number of hydrogen-bond acceptors (Lipinski definition) is 2. The molecule has 0 aliphatic rings. The monoisotopic (exact) mass is 225 g/mol. The largest absolute Gasteiger partial charge is 0.389 e. The number of hydrogen-bond donors (Lipinski definition) is 2. The molecule has 0 aliphatic heterocycles. The van der Waals surface area contributed by atoms with E-state index in [0.717, 1.165) is 18.5 Å². The summed E-state index contributed by atoms with van der Waals surface area (Å²) in [5.74, 6) is -0.159. The Balaban J connectivity index is 2.35. The van der Waals surface area contributed by atoms with Crippen LogP contribution >= 0.6 is 0 Å². The quantitative estimate of drug-likeness (QED) is 0.752. The smallest absolute Gasteiger partial charge is 0.126 e. The van der Waals surface area contributed by atoms with Gasteiger partial charge in [0.15, 0.2) is 0 Å². The molecule has 0 aliphatic carbocycles.